The number of fused-ring (bicyclic) bond motifs is 3. The summed E-state index contributed by atoms with van der Waals surface area (Å²) >= 11 is 6.32. The molecule has 2 aromatic heterocycles. The van der Waals surface area contributed by atoms with Crippen LogP contribution in [0.2, 0.25) is 5.28 Å². The fraction of sp³-hybridized carbons (Fsp3) is 0.522. The predicted octanol–water partition coefficient (Wildman–Crippen LogP) is 2.54. The molecule has 14 nitrogen and oxygen atoms in total. The minimum Gasteiger partial charge on any atom is -0.387 e. The van der Waals surface area contributed by atoms with Crippen LogP contribution < -0.4 is 4.90 Å². The summed E-state index contributed by atoms with van der Waals surface area (Å²) in [7, 11) is -9.59. The second-order valence-corrected chi connectivity index (χ2v) is 15.0. The summed E-state index contributed by atoms with van der Waals surface area (Å²) in [6, 6.07) is 5.01. The monoisotopic (exact) mass is 633 g/mol. The Labute approximate surface area is 237 Å². The van der Waals surface area contributed by atoms with E-state index in [1.807, 2.05) is 6.07 Å². The molecular formula is C23H27ClFN5O9P2. The number of anilines is 2. The maximum absolute atomic E-state index is 15.3. The van der Waals surface area contributed by atoms with Crippen molar-refractivity contribution in [1.82, 2.24) is 19.5 Å². The standard InChI is InChI=1S/C23H27ClFN5O9P2/c24-22-27-19(29-9-23(6-1-2-7-23)12-4-3-5-13(25)16(12)29)15-20(28-22)30(10-26-15)21-18(32)17(31)14(39-21)8-38-41(36,37)11-40(33,34)35/h3-5,10,14,17-18,21,31-32H,1-2,6-9,11H2,(H,36,37)(H2,33,34,35). The maximum Gasteiger partial charge on any atom is 0.340 e. The number of para-hydroxylation sites is 1. The Morgan fingerprint density at radius 2 is 1.88 bits per heavy atom. The first-order valence-corrected chi connectivity index (χ1v) is 16.7. The van der Waals surface area contributed by atoms with Crippen molar-refractivity contribution in [2.75, 3.05) is 24.0 Å². The van der Waals surface area contributed by atoms with Crippen LogP contribution in [0.15, 0.2) is 24.5 Å². The Bertz CT molecular complexity index is 1600. The van der Waals surface area contributed by atoms with Gasteiger partial charge in [0, 0.05) is 12.0 Å². The van der Waals surface area contributed by atoms with Crippen molar-refractivity contribution in [1.29, 1.82) is 0 Å². The summed E-state index contributed by atoms with van der Waals surface area (Å²) < 4.78 is 50.2. The molecule has 18 heteroatoms. The molecule has 1 saturated heterocycles. The number of rotatable bonds is 7. The normalized spacial score (nSPS) is 27.1. The molecule has 3 aromatic rings. The molecule has 1 spiro atoms. The highest BCUT2D eigenvalue weighted by atomic mass is 35.5. The van der Waals surface area contributed by atoms with Gasteiger partial charge in [0.2, 0.25) is 5.28 Å². The van der Waals surface area contributed by atoms with Gasteiger partial charge in [0.05, 0.1) is 18.6 Å². The van der Waals surface area contributed by atoms with Crippen LogP contribution in [0.25, 0.3) is 11.2 Å². The summed E-state index contributed by atoms with van der Waals surface area (Å²) in [5, 5.41) is 21.1. The molecule has 5 atom stereocenters. The Hall–Kier alpha value is -2.03. The molecule has 1 saturated carbocycles. The SMILES string of the molecule is O=P(O)(O)CP(=O)(O)OCC1OC(n2cnc3c(N4CC5(CCCC5)c5cccc(F)c54)nc(Cl)nc32)C(O)C1O. The van der Waals surface area contributed by atoms with Crippen molar-refractivity contribution in [3.63, 3.8) is 0 Å². The van der Waals surface area contributed by atoms with E-state index in [1.165, 1.54) is 17.0 Å². The third-order valence-electron chi connectivity index (χ3n) is 7.90. The second-order valence-electron chi connectivity index (χ2n) is 10.6. The topological polar surface area (TPSA) is 201 Å². The molecule has 2 fully saturated rings. The lowest BCUT2D eigenvalue weighted by Gasteiger charge is -2.25. The van der Waals surface area contributed by atoms with Gasteiger partial charge >= 0.3 is 15.2 Å². The predicted molar refractivity (Wildman–Crippen MR) is 142 cm³/mol. The fourth-order valence-electron chi connectivity index (χ4n) is 6.15. The fourth-order valence-corrected chi connectivity index (χ4v) is 8.88. The highest BCUT2D eigenvalue weighted by Crippen LogP contribution is 2.56. The molecule has 0 bridgehead atoms. The highest BCUT2D eigenvalue weighted by molar-refractivity contribution is 7.70. The molecule has 1 aromatic carbocycles. The summed E-state index contributed by atoms with van der Waals surface area (Å²) in [5.41, 5.74) is 1.42. The number of aliphatic hydroxyl groups excluding tert-OH is 2. The molecule has 222 valence electrons. The molecule has 5 unspecified atom stereocenters. The van der Waals surface area contributed by atoms with E-state index >= 15 is 4.39 Å². The van der Waals surface area contributed by atoms with Crippen molar-refractivity contribution >= 4 is 49.5 Å². The van der Waals surface area contributed by atoms with E-state index in [-0.39, 0.29) is 27.7 Å². The van der Waals surface area contributed by atoms with Gasteiger partial charge in [-0.15, -0.1) is 0 Å². The number of hydrogen-bond donors (Lipinski definition) is 5. The molecular weight excluding hydrogens is 607 g/mol. The van der Waals surface area contributed by atoms with E-state index in [0.29, 0.717) is 12.2 Å². The summed E-state index contributed by atoms with van der Waals surface area (Å²) in [4.78, 5) is 42.5. The van der Waals surface area contributed by atoms with Crippen molar-refractivity contribution in [2.24, 2.45) is 0 Å². The zero-order chi connectivity index (χ0) is 29.3. The number of aliphatic hydroxyl groups is 2. The smallest absolute Gasteiger partial charge is 0.340 e. The molecule has 6 rings (SSSR count). The quantitative estimate of drug-likeness (QED) is 0.188. The maximum atomic E-state index is 15.3. The van der Waals surface area contributed by atoms with E-state index in [2.05, 4.69) is 15.0 Å². The largest absolute Gasteiger partial charge is 0.387 e. The molecule has 3 aliphatic rings. The van der Waals surface area contributed by atoms with Gasteiger partial charge in [0.25, 0.3) is 0 Å². The van der Waals surface area contributed by atoms with E-state index in [0.717, 1.165) is 31.2 Å². The van der Waals surface area contributed by atoms with Crippen LogP contribution in [0.5, 0.6) is 0 Å². The van der Waals surface area contributed by atoms with E-state index < -0.39 is 58.1 Å². The van der Waals surface area contributed by atoms with Crippen molar-refractivity contribution in [2.45, 2.75) is 55.6 Å². The number of imidazole rings is 1. The van der Waals surface area contributed by atoms with Crippen LogP contribution in [0.1, 0.15) is 37.5 Å². The molecule has 5 N–H and O–H groups in total. The van der Waals surface area contributed by atoms with E-state index in [1.54, 1.807) is 11.0 Å². The Kier molecular flexibility index (Phi) is 7.30. The number of benzene rings is 1. The number of halogens is 2. The van der Waals surface area contributed by atoms with Crippen LogP contribution in [0.3, 0.4) is 0 Å². The van der Waals surface area contributed by atoms with Gasteiger partial charge in [0.1, 0.15) is 24.1 Å². The molecule has 4 heterocycles. The number of nitrogens with zero attached hydrogens (tertiary/aromatic N) is 5. The van der Waals surface area contributed by atoms with Crippen LogP contribution in [-0.4, -0.2) is 81.8 Å². The van der Waals surface area contributed by atoms with Gasteiger partial charge in [-0.25, -0.2) is 9.37 Å². The van der Waals surface area contributed by atoms with Crippen LogP contribution in [-0.2, 0) is 23.8 Å². The van der Waals surface area contributed by atoms with Crippen molar-refractivity contribution in [3.8, 4) is 0 Å². The third-order valence-corrected chi connectivity index (χ3v) is 11.5. The summed E-state index contributed by atoms with van der Waals surface area (Å²) in [6.45, 7) is -0.281. The first-order valence-electron chi connectivity index (χ1n) is 12.8. The van der Waals surface area contributed by atoms with Crippen LogP contribution in [0, 0.1) is 5.82 Å². The van der Waals surface area contributed by atoms with E-state index in [9.17, 15) is 24.2 Å². The zero-order valence-corrected chi connectivity index (χ0v) is 23.9. The summed E-state index contributed by atoms with van der Waals surface area (Å²) in [6.07, 6.45) is -0.702. The molecule has 41 heavy (non-hydrogen) atoms. The lowest BCUT2D eigenvalue weighted by atomic mass is 9.81. The first-order chi connectivity index (χ1) is 19.3. The summed E-state index contributed by atoms with van der Waals surface area (Å²) in [5.74, 6) is -1.56. The van der Waals surface area contributed by atoms with Crippen molar-refractivity contribution < 1.29 is 47.7 Å². The van der Waals surface area contributed by atoms with Gasteiger partial charge in [-0.2, -0.15) is 9.97 Å². The third kappa shape index (κ3) is 5.22. The van der Waals surface area contributed by atoms with Gasteiger partial charge < -0.3 is 39.1 Å². The minimum atomic E-state index is -4.86. The lowest BCUT2D eigenvalue weighted by molar-refractivity contribution is -0.0483. The zero-order valence-electron chi connectivity index (χ0n) is 21.3. The van der Waals surface area contributed by atoms with Gasteiger partial charge in [0.15, 0.2) is 29.1 Å². The van der Waals surface area contributed by atoms with Gasteiger partial charge in [-0.3, -0.25) is 13.7 Å². The molecule has 0 radical (unpaired) electrons. The average molecular weight is 634 g/mol. The Balaban J connectivity index is 1.32. The van der Waals surface area contributed by atoms with E-state index in [4.69, 9.17) is 30.6 Å². The molecule has 0 amide bonds. The number of hydrogen-bond acceptors (Lipinski definition) is 10. The highest BCUT2D eigenvalue weighted by Gasteiger charge is 2.48. The van der Waals surface area contributed by atoms with Crippen molar-refractivity contribution in [3.05, 3.63) is 41.2 Å². The average Bonchev–Trinajstić information content (AvgIpc) is 3.65. The Morgan fingerprint density at radius 1 is 1.15 bits per heavy atom. The lowest BCUT2D eigenvalue weighted by Crippen LogP contribution is -2.33. The second kappa shape index (κ2) is 10.3. The number of ether oxygens (including phenoxy) is 1. The number of aromatic nitrogens is 4. The molecule has 1 aliphatic carbocycles. The minimum absolute atomic E-state index is 0.123. The van der Waals surface area contributed by atoms with Crippen LogP contribution in [0.4, 0.5) is 15.9 Å². The Morgan fingerprint density at radius 3 is 2.59 bits per heavy atom. The van der Waals surface area contributed by atoms with Gasteiger partial charge in [-0.1, -0.05) is 25.0 Å². The van der Waals surface area contributed by atoms with Gasteiger partial charge in [-0.05, 0) is 36.1 Å². The molecule has 2 aliphatic heterocycles. The first kappa shape index (κ1) is 29.1. The van der Waals surface area contributed by atoms with Crippen LogP contribution >= 0.6 is 26.8 Å².